The van der Waals surface area contributed by atoms with Crippen molar-refractivity contribution in [1.82, 2.24) is 4.98 Å². The maximum Gasteiger partial charge on any atom is 0.416 e. The number of carboxylic acid groups (broad SMARTS) is 1. The van der Waals surface area contributed by atoms with Crippen LogP contribution in [0.3, 0.4) is 0 Å². The lowest BCUT2D eigenvalue weighted by molar-refractivity contribution is -0.146. The Balaban J connectivity index is 1.95. The fraction of sp³-hybridized carbons (Fsp3) is 0.273. The topological polar surface area (TPSA) is 81.8 Å². The van der Waals surface area contributed by atoms with Crippen molar-refractivity contribution in [2.45, 2.75) is 38.8 Å². The van der Waals surface area contributed by atoms with Crippen molar-refractivity contribution in [2.24, 2.45) is 0 Å². The predicted octanol–water partition coefficient (Wildman–Crippen LogP) is 6.14. The highest BCUT2D eigenvalue weighted by atomic mass is 35.5. The zero-order chi connectivity index (χ0) is 23.5. The molecule has 32 heavy (non-hydrogen) atoms. The molecule has 1 heterocycles. The molecule has 0 bridgehead atoms. The van der Waals surface area contributed by atoms with Crippen molar-refractivity contribution < 1.29 is 37.0 Å². The molecule has 0 aliphatic carbocycles. The van der Waals surface area contributed by atoms with Gasteiger partial charge in [-0.3, -0.25) is 0 Å². The molecule has 0 amide bonds. The molecule has 0 aliphatic heterocycles. The Labute approximate surface area is 186 Å². The molecule has 1 unspecified atom stereocenters. The Kier molecular flexibility index (Phi) is 7.10. The van der Waals surface area contributed by atoms with Crippen molar-refractivity contribution in [3.63, 3.8) is 0 Å². The Morgan fingerprint density at radius 1 is 1.22 bits per heavy atom. The van der Waals surface area contributed by atoms with Crippen LogP contribution < -0.4 is 4.74 Å². The van der Waals surface area contributed by atoms with E-state index in [0.717, 1.165) is 18.2 Å². The minimum atomic E-state index is -4.63. The molecule has 0 radical (unpaired) electrons. The highest BCUT2D eigenvalue weighted by Crippen LogP contribution is 2.36. The van der Waals surface area contributed by atoms with E-state index in [-0.39, 0.29) is 35.5 Å². The summed E-state index contributed by atoms with van der Waals surface area (Å²) in [5.74, 6) is -1.35. The van der Waals surface area contributed by atoms with Gasteiger partial charge < -0.3 is 19.0 Å². The molecule has 0 spiro atoms. The van der Waals surface area contributed by atoms with Crippen molar-refractivity contribution >= 4 is 17.6 Å². The third-order valence-electron chi connectivity index (χ3n) is 4.27. The Morgan fingerprint density at radius 3 is 2.62 bits per heavy atom. The van der Waals surface area contributed by atoms with Gasteiger partial charge in [0.25, 0.3) is 0 Å². The second-order valence-electron chi connectivity index (χ2n) is 7.10. The molecular formula is C22H19ClF3NO5. The summed E-state index contributed by atoms with van der Waals surface area (Å²) in [7, 11) is 0. The molecule has 0 fully saturated rings. The number of hydrogen-bond acceptors (Lipinski definition) is 5. The minimum absolute atomic E-state index is 0.0241. The normalized spacial score (nSPS) is 12.7. The highest BCUT2D eigenvalue weighted by molar-refractivity contribution is 6.30. The van der Waals surface area contributed by atoms with Crippen molar-refractivity contribution in [3.05, 3.63) is 70.6 Å². The number of oxazole rings is 1. The maximum atomic E-state index is 13.1. The van der Waals surface area contributed by atoms with Gasteiger partial charge in [0.1, 0.15) is 17.7 Å². The van der Waals surface area contributed by atoms with Gasteiger partial charge in [-0.05, 0) is 44.2 Å². The van der Waals surface area contributed by atoms with Crippen molar-refractivity contribution in [3.8, 4) is 17.2 Å². The lowest BCUT2D eigenvalue weighted by Crippen LogP contribution is -2.19. The molecular weight excluding hydrogens is 451 g/mol. The summed E-state index contributed by atoms with van der Waals surface area (Å²) in [6.07, 6.45) is -4.99. The van der Waals surface area contributed by atoms with Gasteiger partial charge in [0.2, 0.25) is 12.0 Å². The van der Waals surface area contributed by atoms with Gasteiger partial charge in [-0.1, -0.05) is 23.7 Å². The molecule has 3 aromatic rings. The van der Waals surface area contributed by atoms with E-state index < -0.39 is 23.8 Å². The van der Waals surface area contributed by atoms with Crippen LogP contribution in [-0.4, -0.2) is 22.2 Å². The average Bonchev–Trinajstić information content (AvgIpc) is 3.19. The first-order valence-corrected chi connectivity index (χ1v) is 9.85. The molecule has 10 heteroatoms. The molecule has 6 nitrogen and oxygen atoms in total. The second-order valence-corrected chi connectivity index (χ2v) is 7.54. The largest absolute Gasteiger partial charge is 0.478 e. The van der Waals surface area contributed by atoms with E-state index in [9.17, 15) is 23.1 Å². The number of benzene rings is 2. The van der Waals surface area contributed by atoms with Crippen LogP contribution in [0.15, 0.2) is 53.1 Å². The van der Waals surface area contributed by atoms with Gasteiger partial charge in [-0.25, -0.2) is 9.78 Å². The third-order valence-corrected chi connectivity index (χ3v) is 4.51. The van der Waals surface area contributed by atoms with Crippen LogP contribution in [0.25, 0.3) is 11.5 Å². The third kappa shape index (κ3) is 5.80. The summed E-state index contributed by atoms with van der Waals surface area (Å²) >= 11 is 6.07. The van der Waals surface area contributed by atoms with E-state index in [1.54, 1.807) is 0 Å². The summed E-state index contributed by atoms with van der Waals surface area (Å²) in [6, 6.07) is 8.27. The highest BCUT2D eigenvalue weighted by Gasteiger charge is 2.32. The summed E-state index contributed by atoms with van der Waals surface area (Å²) in [6.45, 7) is 3.92. The van der Waals surface area contributed by atoms with Crippen LogP contribution in [0, 0.1) is 0 Å². The maximum absolute atomic E-state index is 13.1. The van der Waals surface area contributed by atoms with Gasteiger partial charge in [-0.15, -0.1) is 0 Å². The molecule has 0 aliphatic rings. The molecule has 0 saturated carbocycles. The molecule has 3 rings (SSSR count). The quantitative estimate of drug-likeness (QED) is 0.426. The molecule has 170 valence electrons. The summed E-state index contributed by atoms with van der Waals surface area (Å²) < 4.78 is 55.8. The summed E-state index contributed by atoms with van der Waals surface area (Å²) in [5, 5.41) is 9.94. The first kappa shape index (κ1) is 23.6. The van der Waals surface area contributed by atoms with Crippen molar-refractivity contribution in [2.75, 3.05) is 0 Å². The van der Waals surface area contributed by atoms with E-state index in [0.29, 0.717) is 10.7 Å². The Morgan fingerprint density at radius 2 is 1.97 bits per heavy atom. The number of halogens is 4. The van der Waals surface area contributed by atoms with Gasteiger partial charge in [-0.2, -0.15) is 13.2 Å². The lowest BCUT2D eigenvalue weighted by atomic mass is 10.1. The number of aliphatic carboxylic acids is 1. The van der Waals surface area contributed by atoms with E-state index >= 15 is 0 Å². The monoisotopic (exact) mass is 469 g/mol. The number of rotatable bonds is 8. The fourth-order valence-electron chi connectivity index (χ4n) is 2.79. The van der Waals surface area contributed by atoms with Gasteiger partial charge in [0.05, 0.1) is 23.8 Å². The van der Waals surface area contributed by atoms with E-state index in [1.165, 1.54) is 30.5 Å². The van der Waals surface area contributed by atoms with Crippen LogP contribution in [-0.2, 0) is 22.3 Å². The first-order chi connectivity index (χ1) is 15.0. The van der Waals surface area contributed by atoms with Crippen LogP contribution in [0.5, 0.6) is 5.75 Å². The number of carboxylic acids is 1. The lowest BCUT2D eigenvalue weighted by Gasteiger charge is -2.18. The van der Waals surface area contributed by atoms with Gasteiger partial charge >= 0.3 is 12.1 Å². The molecule has 1 N–H and O–H groups in total. The number of ether oxygens (including phenoxy) is 2. The first-order valence-electron chi connectivity index (χ1n) is 9.47. The van der Waals surface area contributed by atoms with Crippen LogP contribution in [0.4, 0.5) is 13.2 Å². The zero-order valence-corrected chi connectivity index (χ0v) is 17.8. The smallest absolute Gasteiger partial charge is 0.416 e. The predicted molar refractivity (Wildman–Crippen MR) is 109 cm³/mol. The molecule has 0 saturated heterocycles. The Bertz CT molecular complexity index is 1100. The minimum Gasteiger partial charge on any atom is -0.478 e. The standard InChI is InChI=1S/C22H19ClF3NO5/c1-12(2)30-10-16-11-31-20(27-16)17-9-15(23)6-7-18(17)32-19(21(28)29)13-4-3-5-14(8-13)22(24,25)26/h3-9,11-12,19H,10H2,1-2H3,(H,28,29). The average molecular weight is 470 g/mol. The number of hydrogen-bond donors (Lipinski definition) is 1. The summed E-state index contributed by atoms with van der Waals surface area (Å²) in [5.41, 5.74) is -0.422. The van der Waals surface area contributed by atoms with E-state index in [4.69, 9.17) is 25.5 Å². The summed E-state index contributed by atoms with van der Waals surface area (Å²) in [4.78, 5) is 16.1. The van der Waals surface area contributed by atoms with Crippen LogP contribution in [0.1, 0.15) is 36.8 Å². The molecule has 1 atom stereocenters. The SMILES string of the molecule is CC(C)OCc1coc(-c2cc(Cl)ccc2OC(C(=O)O)c2cccc(C(F)(F)F)c2)n1. The van der Waals surface area contributed by atoms with E-state index in [1.807, 2.05) is 13.8 Å². The number of carbonyl (C=O) groups is 1. The van der Waals surface area contributed by atoms with Crippen LogP contribution in [0.2, 0.25) is 5.02 Å². The van der Waals surface area contributed by atoms with Gasteiger partial charge in [0.15, 0.2) is 0 Å². The van der Waals surface area contributed by atoms with Crippen molar-refractivity contribution in [1.29, 1.82) is 0 Å². The number of alkyl halides is 3. The zero-order valence-electron chi connectivity index (χ0n) is 17.0. The van der Waals surface area contributed by atoms with E-state index in [2.05, 4.69) is 4.98 Å². The number of aromatic nitrogens is 1. The second kappa shape index (κ2) is 9.62. The number of nitrogens with zero attached hydrogens (tertiary/aromatic N) is 1. The Hall–Kier alpha value is -3.04. The van der Waals surface area contributed by atoms with Crippen LogP contribution >= 0.6 is 11.6 Å². The fourth-order valence-corrected chi connectivity index (χ4v) is 2.96. The molecule has 1 aromatic heterocycles. The van der Waals surface area contributed by atoms with Gasteiger partial charge in [0, 0.05) is 10.6 Å². The molecule has 2 aromatic carbocycles.